The highest BCUT2D eigenvalue weighted by Crippen LogP contribution is 2.28. The van der Waals surface area contributed by atoms with Gasteiger partial charge in [-0.05, 0) is 61.0 Å². The van der Waals surface area contributed by atoms with Crippen LogP contribution in [-0.2, 0) is 0 Å². The zero-order valence-electron chi connectivity index (χ0n) is 19.8. The smallest absolute Gasteiger partial charge is 0.272 e. The molecule has 5 rings (SSSR count). The summed E-state index contributed by atoms with van der Waals surface area (Å²) in [6.45, 7) is 4.96. The molecule has 1 aliphatic rings. The van der Waals surface area contributed by atoms with E-state index in [4.69, 9.17) is 21.4 Å². The molecule has 0 bridgehead atoms. The molecule has 1 amide bonds. The first-order chi connectivity index (χ1) is 17.0. The lowest BCUT2D eigenvalue weighted by molar-refractivity contribution is 0.0737. The minimum Gasteiger partial charge on any atom is -0.497 e. The Morgan fingerprint density at radius 2 is 1.54 bits per heavy atom. The number of halogens is 1. The fourth-order valence-electron chi connectivity index (χ4n) is 4.47. The fourth-order valence-corrected chi connectivity index (χ4v) is 4.69. The standard InChI is InChI=1S/C28H27ClN4O2/c1-20-7-3-5-9-25(20)31-15-17-32(18-16-31)28(34)27-19-24(21-11-13-22(35-2)14-12-21)30-33(27)26-10-6-4-8-23(26)29/h3-14,19H,15-18H2,1-2H3. The summed E-state index contributed by atoms with van der Waals surface area (Å²) < 4.78 is 6.94. The number of aromatic nitrogens is 2. The summed E-state index contributed by atoms with van der Waals surface area (Å²) in [4.78, 5) is 18.0. The van der Waals surface area contributed by atoms with Gasteiger partial charge in [0.05, 0.1) is 23.5 Å². The van der Waals surface area contributed by atoms with E-state index in [1.165, 1.54) is 11.3 Å². The average Bonchev–Trinajstić information content (AvgIpc) is 3.34. The third kappa shape index (κ3) is 4.62. The molecule has 0 unspecified atom stereocenters. The van der Waals surface area contributed by atoms with Crippen LogP contribution in [0.2, 0.25) is 5.02 Å². The van der Waals surface area contributed by atoms with E-state index < -0.39 is 0 Å². The van der Waals surface area contributed by atoms with Crippen LogP contribution in [0.5, 0.6) is 5.75 Å². The third-order valence-electron chi connectivity index (χ3n) is 6.42. The molecule has 1 saturated heterocycles. The molecule has 4 aromatic rings. The number of nitrogens with zero attached hydrogens (tertiary/aromatic N) is 4. The molecule has 0 N–H and O–H groups in total. The molecule has 0 saturated carbocycles. The predicted molar refractivity (Wildman–Crippen MR) is 140 cm³/mol. The summed E-state index contributed by atoms with van der Waals surface area (Å²) >= 11 is 6.51. The second kappa shape index (κ2) is 9.84. The van der Waals surface area contributed by atoms with Crippen molar-refractivity contribution in [3.63, 3.8) is 0 Å². The van der Waals surface area contributed by atoms with Crippen molar-refractivity contribution >= 4 is 23.2 Å². The Labute approximate surface area is 210 Å². The van der Waals surface area contributed by atoms with Crippen molar-refractivity contribution in [2.45, 2.75) is 6.92 Å². The summed E-state index contributed by atoms with van der Waals surface area (Å²) in [5, 5.41) is 5.33. The first kappa shape index (κ1) is 23.0. The lowest BCUT2D eigenvalue weighted by Crippen LogP contribution is -2.49. The van der Waals surface area contributed by atoms with Crippen molar-refractivity contribution in [2.24, 2.45) is 0 Å². The number of amides is 1. The van der Waals surface area contributed by atoms with E-state index in [1.807, 2.05) is 53.4 Å². The molecule has 3 aromatic carbocycles. The Balaban J connectivity index is 1.45. The molecule has 0 radical (unpaired) electrons. The number of anilines is 1. The minimum absolute atomic E-state index is 0.0541. The zero-order chi connectivity index (χ0) is 24.4. The lowest BCUT2D eigenvalue weighted by atomic mass is 10.1. The maximum absolute atomic E-state index is 13.7. The van der Waals surface area contributed by atoms with Crippen LogP contribution in [0.25, 0.3) is 16.9 Å². The first-order valence-electron chi connectivity index (χ1n) is 11.6. The largest absolute Gasteiger partial charge is 0.497 e. The van der Waals surface area contributed by atoms with Gasteiger partial charge in [0.1, 0.15) is 11.4 Å². The number of aryl methyl sites for hydroxylation is 1. The van der Waals surface area contributed by atoms with Gasteiger partial charge in [-0.15, -0.1) is 0 Å². The highest BCUT2D eigenvalue weighted by Gasteiger charge is 2.27. The predicted octanol–water partition coefficient (Wildman–Crippen LogP) is 5.47. The Hall–Kier alpha value is -3.77. The van der Waals surface area contributed by atoms with Crippen LogP contribution in [0, 0.1) is 6.92 Å². The van der Waals surface area contributed by atoms with Crippen LogP contribution in [0.15, 0.2) is 78.9 Å². The number of methoxy groups -OCH3 is 1. The SMILES string of the molecule is COc1ccc(-c2cc(C(=O)N3CCN(c4ccccc4C)CC3)n(-c3ccccc3Cl)n2)cc1. The zero-order valence-corrected chi connectivity index (χ0v) is 20.6. The molecular formula is C28H27ClN4O2. The van der Waals surface area contributed by atoms with Gasteiger partial charge in [-0.3, -0.25) is 4.79 Å². The first-order valence-corrected chi connectivity index (χ1v) is 12.0. The van der Waals surface area contributed by atoms with Gasteiger partial charge in [-0.1, -0.05) is 41.9 Å². The van der Waals surface area contributed by atoms with Crippen LogP contribution in [0.3, 0.4) is 0 Å². The van der Waals surface area contributed by atoms with E-state index in [0.717, 1.165) is 24.4 Å². The monoisotopic (exact) mass is 486 g/mol. The quantitative estimate of drug-likeness (QED) is 0.375. The molecule has 0 spiro atoms. The van der Waals surface area contributed by atoms with Gasteiger partial charge in [0.15, 0.2) is 0 Å². The van der Waals surface area contributed by atoms with Gasteiger partial charge in [-0.2, -0.15) is 5.10 Å². The summed E-state index contributed by atoms with van der Waals surface area (Å²) in [7, 11) is 1.64. The molecule has 0 aliphatic carbocycles. The van der Waals surface area contributed by atoms with Crippen LogP contribution in [-0.4, -0.2) is 53.9 Å². The molecule has 35 heavy (non-hydrogen) atoms. The van der Waals surface area contributed by atoms with Gasteiger partial charge in [0.2, 0.25) is 0 Å². The summed E-state index contributed by atoms with van der Waals surface area (Å²) in [5.41, 5.74) is 5.24. The number of benzene rings is 3. The Morgan fingerprint density at radius 1 is 0.886 bits per heavy atom. The molecule has 1 fully saturated rings. The van der Waals surface area contributed by atoms with Gasteiger partial charge >= 0.3 is 0 Å². The van der Waals surface area contributed by atoms with Crippen molar-refractivity contribution in [3.8, 4) is 22.7 Å². The maximum atomic E-state index is 13.7. The normalized spacial score (nSPS) is 13.7. The van der Waals surface area contributed by atoms with E-state index in [9.17, 15) is 4.79 Å². The summed E-state index contributed by atoms with van der Waals surface area (Å²) in [5.74, 6) is 0.712. The number of para-hydroxylation sites is 2. The van der Waals surface area contributed by atoms with Crippen molar-refractivity contribution in [2.75, 3.05) is 38.2 Å². The number of carbonyl (C=O) groups excluding carboxylic acids is 1. The molecule has 178 valence electrons. The van der Waals surface area contributed by atoms with Gasteiger partial charge < -0.3 is 14.5 Å². The number of piperazine rings is 1. The molecule has 0 atom stereocenters. The van der Waals surface area contributed by atoms with Crippen molar-refractivity contribution in [1.29, 1.82) is 0 Å². The number of ether oxygens (including phenoxy) is 1. The van der Waals surface area contributed by atoms with Crippen LogP contribution in [0.4, 0.5) is 5.69 Å². The van der Waals surface area contributed by atoms with Crippen molar-refractivity contribution in [3.05, 3.63) is 95.1 Å². The van der Waals surface area contributed by atoms with Crippen LogP contribution >= 0.6 is 11.6 Å². The Bertz CT molecular complexity index is 1340. The summed E-state index contributed by atoms with van der Waals surface area (Å²) in [6.07, 6.45) is 0. The Morgan fingerprint density at radius 3 is 2.20 bits per heavy atom. The van der Waals surface area contributed by atoms with Crippen molar-refractivity contribution in [1.82, 2.24) is 14.7 Å². The minimum atomic E-state index is -0.0541. The molecule has 6 nitrogen and oxygen atoms in total. The topological polar surface area (TPSA) is 50.6 Å². The number of carbonyl (C=O) groups is 1. The second-order valence-electron chi connectivity index (χ2n) is 8.57. The van der Waals surface area contributed by atoms with E-state index >= 15 is 0 Å². The van der Waals surface area contributed by atoms with E-state index in [-0.39, 0.29) is 5.91 Å². The Kier molecular flexibility index (Phi) is 6.47. The molecule has 1 aromatic heterocycles. The number of rotatable bonds is 5. The fraction of sp³-hybridized carbons (Fsp3) is 0.214. The lowest BCUT2D eigenvalue weighted by Gasteiger charge is -2.36. The second-order valence-corrected chi connectivity index (χ2v) is 8.98. The highest BCUT2D eigenvalue weighted by molar-refractivity contribution is 6.32. The van der Waals surface area contributed by atoms with Crippen LogP contribution < -0.4 is 9.64 Å². The van der Waals surface area contributed by atoms with Gasteiger partial charge in [0.25, 0.3) is 5.91 Å². The molecule has 2 heterocycles. The summed E-state index contributed by atoms with van der Waals surface area (Å²) in [6, 6.07) is 25.3. The van der Waals surface area contributed by atoms with Gasteiger partial charge in [-0.25, -0.2) is 4.68 Å². The number of hydrogen-bond acceptors (Lipinski definition) is 4. The van der Waals surface area contributed by atoms with E-state index in [2.05, 4.69) is 36.1 Å². The third-order valence-corrected chi connectivity index (χ3v) is 6.74. The average molecular weight is 487 g/mol. The van der Waals surface area contributed by atoms with Gasteiger partial charge in [0, 0.05) is 37.4 Å². The highest BCUT2D eigenvalue weighted by atomic mass is 35.5. The number of hydrogen-bond donors (Lipinski definition) is 0. The molecular weight excluding hydrogens is 460 g/mol. The van der Waals surface area contributed by atoms with Crippen LogP contribution in [0.1, 0.15) is 16.1 Å². The van der Waals surface area contributed by atoms with E-state index in [0.29, 0.717) is 35.2 Å². The maximum Gasteiger partial charge on any atom is 0.272 e. The van der Waals surface area contributed by atoms with E-state index in [1.54, 1.807) is 17.9 Å². The molecule has 7 heteroatoms. The van der Waals surface area contributed by atoms with Crippen molar-refractivity contribution < 1.29 is 9.53 Å². The molecule has 1 aliphatic heterocycles.